The molecule has 0 aliphatic heterocycles. The van der Waals surface area contributed by atoms with Crippen LogP contribution in [0.15, 0.2) is 46.9 Å². The Kier molecular flexibility index (Phi) is 4.59. The second-order valence-corrected chi connectivity index (χ2v) is 5.73. The van der Waals surface area contributed by atoms with Gasteiger partial charge in [0.1, 0.15) is 5.92 Å². The van der Waals surface area contributed by atoms with Gasteiger partial charge >= 0.3 is 0 Å². The highest BCUT2D eigenvalue weighted by molar-refractivity contribution is 9.10. The van der Waals surface area contributed by atoms with Gasteiger partial charge in [0.05, 0.1) is 6.07 Å². The van der Waals surface area contributed by atoms with Gasteiger partial charge in [-0.25, -0.2) is 0 Å². The maximum absolute atomic E-state index is 12.4. The number of hydrogen-bond donors (Lipinski definition) is 0. The van der Waals surface area contributed by atoms with Crippen molar-refractivity contribution in [1.82, 2.24) is 0 Å². The molecule has 0 N–H and O–H groups in total. The van der Waals surface area contributed by atoms with Crippen molar-refractivity contribution in [1.29, 1.82) is 5.26 Å². The molecule has 0 aromatic heterocycles. The molecule has 100 valence electrons. The van der Waals surface area contributed by atoms with Gasteiger partial charge in [0.15, 0.2) is 5.78 Å². The Labute approximate surface area is 131 Å². The molecule has 2 nitrogen and oxygen atoms in total. The third kappa shape index (κ3) is 3.09. The zero-order valence-corrected chi connectivity index (χ0v) is 13.1. The smallest absolute Gasteiger partial charge is 0.184 e. The highest BCUT2D eigenvalue weighted by Crippen LogP contribution is 2.25. The molecule has 0 saturated heterocycles. The molecule has 0 saturated carbocycles. The van der Waals surface area contributed by atoms with E-state index < -0.39 is 5.92 Å². The van der Waals surface area contributed by atoms with Crippen molar-refractivity contribution in [3.63, 3.8) is 0 Å². The van der Waals surface area contributed by atoms with Gasteiger partial charge < -0.3 is 0 Å². The van der Waals surface area contributed by atoms with E-state index in [0.717, 1.165) is 10.0 Å². The average Bonchev–Trinajstić information content (AvgIpc) is 2.44. The summed E-state index contributed by atoms with van der Waals surface area (Å²) in [6.07, 6.45) is 0. The van der Waals surface area contributed by atoms with E-state index in [2.05, 4.69) is 22.0 Å². The van der Waals surface area contributed by atoms with E-state index in [9.17, 15) is 10.1 Å². The molecule has 2 aromatic rings. The number of Topliss-reactive ketones (excluding diaryl/α,β-unsaturated/α-hetero) is 1. The number of hydrogen-bond acceptors (Lipinski definition) is 2. The molecule has 0 aliphatic rings. The zero-order chi connectivity index (χ0) is 14.7. The summed E-state index contributed by atoms with van der Waals surface area (Å²) in [4.78, 5) is 12.4. The molecule has 0 bridgehead atoms. The summed E-state index contributed by atoms with van der Waals surface area (Å²) in [6, 6.07) is 14.2. The first-order valence-electron chi connectivity index (χ1n) is 5.98. The van der Waals surface area contributed by atoms with E-state index >= 15 is 0 Å². The summed E-state index contributed by atoms with van der Waals surface area (Å²) in [5, 5.41) is 9.87. The summed E-state index contributed by atoms with van der Waals surface area (Å²) >= 11 is 9.22. The predicted octanol–water partition coefficient (Wildman–Crippen LogP) is 4.90. The number of nitrogens with zero attached hydrogens (tertiary/aromatic N) is 1. The van der Waals surface area contributed by atoms with Crippen molar-refractivity contribution < 1.29 is 4.79 Å². The van der Waals surface area contributed by atoms with Gasteiger partial charge in [-0.15, -0.1) is 0 Å². The first kappa shape index (κ1) is 14.8. The molecule has 20 heavy (non-hydrogen) atoms. The van der Waals surface area contributed by atoms with Gasteiger partial charge in [-0.1, -0.05) is 51.8 Å². The molecule has 0 radical (unpaired) electrons. The number of benzene rings is 2. The second-order valence-electron chi connectivity index (χ2n) is 4.44. The van der Waals surface area contributed by atoms with E-state index in [0.29, 0.717) is 16.1 Å². The van der Waals surface area contributed by atoms with Crippen LogP contribution in [-0.2, 0) is 0 Å². The van der Waals surface area contributed by atoms with Gasteiger partial charge in [-0.05, 0) is 36.2 Å². The van der Waals surface area contributed by atoms with Crippen LogP contribution in [0.3, 0.4) is 0 Å². The minimum absolute atomic E-state index is 0.212. The fourth-order valence-corrected chi connectivity index (χ4v) is 2.36. The number of ketones is 1. The van der Waals surface area contributed by atoms with Crippen molar-refractivity contribution in [2.24, 2.45) is 0 Å². The number of nitriles is 1. The van der Waals surface area contributed by atoms with Crippen molar-refractivity contribution in [3.8, 4) is 6.07 Å². The van der Waals surface area contributed by atoms with E-state index in [1.165, 1.54) is 0 Å². The third-order valence-corrected chi connectivity index (χ3v) is 4.16. The second kappa shape index (κ2) is 6.21. The molecule has 2 rings (SSSR count). The van der Waals surface area contributed by atoms with Crippen molar-refractivity contribution in [2.75, 3.05) is 0 Å². The van der Waals surface area contributed by atoms with E-state index in [-0.39, 0.29) is 5.78 Å². The van der Waals surface area contributed by atoms with Crippen LogP contribution in [-0.4, -0.2) is 5.78 Å². The Morgan fingerprint density at radius 3 is 2.45 bits per heavy atom. The summed E-state index contributed by atoms with van der Waals surface area (Å²) in [6.45, 7) is 1.94. The lowest BCUT2D eigenvalue weighted by Crippen LogP contribution is -2.11. The minimum Gasteiger partial charge on any atom is -0.292 e. The molecule has 1 unspecified atom stereocenters. The quantitative estimate of drug-likeness (QED) is 0.740. The third-order valence-electron chi connectivity index (χ3n) is 3.05. The van der Waals surface area contributed by atoms with Crippen LogP contribution in [0.1, 0.15) is 27.4 Å². The van der Waals surface area contributed by atoms with Gasteiger partial charge in [-0.2, -0.15) is 5.26 Å². The van der Waals surface area contributed by atoms with Gasteiger partial charge in [0.2, 0.25) is 0 Å². The maximum Gasteiger partial charge on any atom is 0.184 e. The van der Waals surface area contributed by atoms with Crippen molar-refractivity contribution in [2.45, 2.75) is 12.8 Å². The normalized spacial score (nSPS) is 11.7. The summed E-state index contributed by atoms with van der Waals surface area (Å²) in [5.74, 6) is -1.03. The summed E-state index contributed by atoms with van der Waals surface area (Å²) in [7, 11) is 0. The number of carbonyl (C=O) groups is 1. The summed E-state index contributed by atoms with van der Waals surface area (Å²) in [5.41, 5.74) is 2.21. The van der Waals surface area contributed by atoms with Crippen LogP contribution in [0.4, 0.5) is 0 Å². The molecule has 0 amide bonds. The molecular weight excluding hydrogens is 338 g/mol. The van der Waals surface area contributed by atoms with Crippen LogP contribution in [0, 0.1) is 18.3 Å². The van der Waals surface area contributed by atoms with Crippen molar-refractivity contribution in [3.05, 3.63) is 68.7 Å². The average molecular weight is 349 g/mol. The number of aryl methyl sites for hydroxylation is 1. The Morgan fingerprint density at radius 1 is 1.25 bits per heavy atom. The van der Waals surface area contributed by atoms with Gasteiger partial charge in [0.25, 0.3) is 0 Å². The molecule has 0 fully saturated rings. The lowest BCUT2D eigenvalue weighted by atomic mass is 9.91. The molecule has 1 atom stereocenters. The highest BCUT2D eigenvalue weighted by atomic mass is 79.9. The molecule has 0 aliphatic carbocycles. The first-order chi connectivity index (χ1) is 9.52. The molecule has 2 aromatic carbocycles. The highest BCUT2D eigenvalue weighted by Gasteiger charge is 2.22. The lowest BCUT2D eigenvalue weighted by molar-refractivity contribution is 0.0979. The molecule has 0 spiro atoms. The first-order valence-corrected chi connectivity index (χ1v) is 7.15. The van der Waals surface area contributed by atoms with E-state index in [1.54, 1.807) is 36.4 Å². The van der Waals surface area contributed by atoms with Crippen LogP contribution >= 0.6 is 27.5 Å². The summed E-state index contributed by atoms with van der Waals surface area (Å²) < 4.78 is 0.858. The number of carbonyl (C=O) groups excluding carboxylic acids is 1. The van der Waals surface area contributed by atoms with E-state index in [1.807, 2.05) is 13.0 Å². The largest absolute Gasteiger partial charge is 0.292 e. The zero-order valence-electron chi connectivity index (χ0n) is 10.7. The molecular formula is C16H11BrClNO. The van der Waals surface area contributed by atoms with E-state index in [4.69, 9.17) is 11.6 Å². The Morgan fingerprint density at radius 2 is 1.90 bits per heavy atom. The lowest BCUT2D eigenvalue weighted by Gasteiger charge is -2.10. The molecule has 4 heteroatoms. The predicted molar refractivity (Wildman–Crippen MR) is 83.0 cm³/mol. The van der Waals surface area contributed by atoms with Crippen LogP contribution in [0.5, 0.6) is 0 Å². The topological polar surface area (TPSA) is 40.9 Å². The van der Waals surface area contributed by atoms with Gasteiger partial charge in [0, 0.05) is 15.1 Å². The maximum atomic E-state index is 12.4. The Bertz CT molecular complexity index is 689. The fraction of sp³-hybridized carbons (Fsp3) is 0.125. The number of halogens is 2. The monoisotopic (exact) mass is 347 g/mol. The standard InChI is InChI=1S/C16H11BrClNO/c1-10-2-3-12(8-15(10)17)16(20)14(9-19)11-4-6-13(18)7-5-11/h2-8,14H,1H3. The SMILES string of the molecule is Cc1ccc(C(=O)C(C#N)c2ccc(Cl)cc2)cc1Br. The van der Waals surface area contributed by atoms with Crippen LogP contribution in [0.2, 0.25) is 5.02 Å². The Balaban J connectivity index is 2.36. The minimum atomic E-state index is -0.818. The van der Waals surface area contributed by atoms with Crippen LogP contribution in [0.25, 0.3) is 0 Å². The van der Waals surface area contributed by atoms with Gasteiger partial charge in [-0.3, -0.25) is 4.79 Å². The molecule has 0 heterocycles. The van der Waals surface area contributed by atoms with Crippen molar-refractivity contribution >= 4 is 33.3 Å². The fourth-order valence-electron chi connectivity index (χ4n) is 1.85. The van der Waals surface area contributed by atoms with Crippen LogP contribution < -0.4 is 0 Å². The Hall–Kier alpha value is -1.63. The number of rotatable bonds is 3.